The molecule has 0 saturated heterocycles. The van der Waals surface area contributed by atoms with Gasteiger partial charge in [-0.3, -0.25) is 0 Å². The second-order valence-electron chi connectivity index (χ2n) is 4.59. The summed E-state index contributed by atoms with van der Waals surface area (Å²) in [5, 5.41) is 10.1. The molecule has 0 aromatic rings. The molecule has 3 nitrogen and oxygen atoms in total. The van der Waals surface area contributed by atoms with E-state index < -0.39 is 0 Å². The molecule has 0 aromatic heterocycles. The van der Waals surface area contributed by atoms with Crippen molar-refractivity contribution >= 4 is 0 Å². The van der Waals surface area contributed by atoms with E-state index in [9.17, 15) is 5.11 Å². The molecule has 0 aliphatic heterocycles. The number of methoxy groups -OCH3 is 2. The Labute approximate surface area is 98.4 Å². The molecule has 1 atom stereocenters. The van der Waals surface area contributed by atoms with Crippen molar-refractivity contribution in [1.29, 1.82) is 0 Å². The summed E-state index contributed by atoms with van der Waals surface area (Å²) >= 11 is 0. The van der Waals surface area contributed by atoms with Crippen LogP contribution in [-0.2, 0) is 9.47 Å². The number of aliphatic hydroxyl groups is 1. The van der Waals surface area contributed by atoms with Gasteiger partial charge in [0.2, 0.25) is 0 Å². The zero-order chi connectivity index (χ0) is 12.0. The average molecular weight is 228 g/mol. The van der Waals surface area contributed by atoms with Crippen LogP contribution in [0, 0.1) is 5.92 Å². The molecule has 0 amide bonds. The van der Waals surface area contributed by atoms with Gasteiger partial charge < -0.3 is 14.6 Å². The van der Waals surface area contributed by atoms with Gasteiger partial charge in [-0.2, -0.15) is 0 Å². The Balaban J connectivity index is 2.27. The maximum Gasteiger partial charge on any atom is 0.157 e. The van der Waals surface area contributed by atoms with E-state index in [1.165, 1.54) is 12.8 Å². The van der Waals surface area contributed by atoms with Gasteiger partial charge in [-0.15, -0.1) is 0 Å². The number of hydrogen-bond acceptors (Lipinski definition) is 3. The van der Waals surface area contributed by atoms with Crippen LogP contribution in [-0.4, -0.2) is 31.7 Å². The van der Waals surface area contributed by atoms with Crippen molar-refractivity contribution in [1.82, 2.24) is 0 Å². The monoisotopic (exact) mass is 228 g/mol. The topological polar surface area (TPSA) is 38.7 Å². The van der Waals surface area contributed by atoms with Crippen LogP contribution in [0.4, 0.5) is 0 Å². The van der Waals surface area contributed by atoms with Crippen molar-refractivity contribution in [3.63, 3.8) is 0 Å². The summed E-state index contributed by atoms with van der Waals surface area (Å²) < 4.78 is 10.2. The van der Waals surface area contributed by atoms with Gasteiger partial charge in [0.25, 0.3) is 0 Å². The molecular formula is C13H24O3. The highest BCUT2D eigenvalue weighted by molar-refractivity contribution is 5.04. The Bertz CT molecular complexity index is 205. The van der Waals surface area contributed by atoms with Crippen molar-refractivity contribution in [3.05, 3.63) is 12.2 Å². The number of aliphatic hydroxyl groups excluding tert-OH is 1. The average Bonchev–Trinajstić information content (AvgIpc) is 2.82. The maximum atomic E-state index is 10.1. The molecule has 94 valence electrons. The number of ether oxygens (including phenoxy) is 2. The quantitative estimate of drug-likeness (QED) is 0.537. The molecule has 1 fully saturated rings. The molecular weight excluding hydrogens is 204 g/mol. The predicted octanol–water partition coefficient (Wildman–Crippen LogP) is 2.49. The molecule has 0 bridgehead atoms. The third-order valence-electron chi connectivity index (χ3n) is 3.49. The lowest BCUT2D eigenvalue weighted by Gasteiger charge is -2.21. The second-order valence-corrected chi connectivity index (χ2v) is 4.59. The van der Waals surface area contributed by atoms with Crippen molar-refractivity contribution in [2.45, 2.75) is 50.9 Å². The normalized spacial score (nSPS) is 19.2. The first-order valence-corrected chi connectivity index (χ1v) is 6.10. The lowest BCUT2D eigenvalue weighted by atomic mass is 9.93. The van der Waals surface area contributed by atoms with E-state index in [1.54, 1.807) is 14.2 Å². The molecule has 1 aliphatic carbocycles. The molecule has 0 heterocycles. The first kappa shape index (κ1) is 13.7. The molecule has 0 spiro atoms. The lowest BCUT2D eigenvalue weighted by molar-refractivity contribution is -0.106. The highest BCUT2D eigenvalue weighted by Gasteiger charge is 2.25. The zero-order valence-electron chi connectivity index (χ0n) is 10.4. The second kappa shape index (κ2) is 7.05. The summed E-state index contributed by atoms with van der Waals surface area (Å²) in [6.45, 7) is 3.98. The van der Waals surface area contributed by atoms with Gasteiger partial charge in [0, 0.05) is 20.6 Å². The molecule has 1 aliphatic rings. The summed E-state index contributed by atoms with van der Waals surface area (Å²) in [5.74, 6) is 0.427. The molecule has 1 rings (SSSR count). The molecule has 3 heteroatoms. The molecule has 1 N–H and O–H groups in total. The van der Waals surface area contributed by atoms with E-state index in [0.29, 0.717) is 5.92 Å². The number of rotatable bonds is 7. The van der Waals surface area contributed by atoms with E-state index >= 15 is 0 Å². The van der Waals surface area contributed by atoms with Crippen LogP contribution in [0.5, 0.6) is 0 Å². The van der Waals surface area contributed by atoms with Gasteiger partial charge in [-0.25, -0.2) is 0 Å². The number of hydrogen-bond donors (Lipinski definition) is 1. The van der Waals surface area contributed by atoms with Gasteiger partial charge in [0.15, 0.2) is 6.29 Å². The van der Waals surface area contributed by atoms with Gasteiger partial charge in [0.1, 0.15) is 0 Å². The predicted molar refractivity (Wildman–Crippen MR) is 64.1 cm³/mol. The van der Waals surface area contributed by atoms with Gasteiger partial charge in [-0.1, -0.05) is 19.4 Å². The summed E-state index contributed by atoms with van der Waals surface area (Å²) in [6, 6.07) is 0. The minimum absolute atomic E-state index is 0.187. The largest absolute Gasteiger partial charge is 0.388 e. The highest BCUT2D eigenvalue weighted by atomic mass is 16.7. The standard InChI is InChI=1S/C13H24O3/c1-10(8-9-12(15-2)16-3)13(14)11-6-4-5-7-11/h11-14H,1,4-9H2,2-3H3. The Morgan fingerprint density at radius 2 is 1.88 bits per heavy atom. The van der Waals surface area contributed by atoms with E-state index in [4.69, 9.17) is 9.47 Å². The minimum atomic E-state index is -0.336. The minimum Gasteiger partial charge on any atom is -0.388 e. The van der Waals surface area contributed by atoms with Crippen LogP contribution in [0.1, 0.15) is 38.5 Å². The van der Waals surface area contributed by atoms with Crippen molar-refractivity contribution < 1.29 is 14.6 Å². The third-order valence-corrected chi connectivity index (χ3v) is 3.49. The van der Waals surface area contributed by atoms with E-state index in [1.807, 2.05) is 0 Å². The van der Waals surface area contributed by atoms with Gasteiger partial charge >= 0.3 is 0 Å². The molecule has 0 radical (unpaired) electrons. The van der Waals surface area contributed by atoms with E-state index in [0.717, 1.165) is 31.3 Å². The molecule has 1 saturated carbocycles. The van der Waals surface area contributed by atoms with Crippen molar-refractivity contribution in [2.75, 3.05) is 14.2 Å². The Morgan fingerprint density at radius 3 is 2.38 bits per heavy atom. The van der Waals surface area contributed by atoms with Gasteiger partial charge in [0.05, 0.1) is 6.10 Å². The maximum absolute atomic E-state index is 10.1. The Kier molecular flexibility index (Phi) is 6.03. The summed E-state index contributed by atoms with van der Waals surface area (Å²) in [4.78, 5) is 0. The zero-order valence-corrected chi connectivity index (χ0v) is 10.4. The third kappa shape index (κ3) is 3.89. The first-order valence-electron chi connectivity index (χ1n) is 6.10. The summed E-state index contributed by atoms with van der Waals surface area (Å²) in [5.41, 5.74) is 0.922. The van der Waals surface area contributed by atoms with Crippen LogP contribution < -0.4 is 0 Å². The molecule has 0 aromatic carbocycles. The van der Waals surface area contributed by atoms with Crippen LogP contribution in [0.15, 0.2) is 12.2 Å². The van der Waals surface area contributed by atoms with Crippen LogP contribution in [0.25, 0.3) is 0 Å². The molecule has 16 heavy (non-hydrogen) atoms. The van der Waals surface area contributed by atoms with E-state index in [-0.39, 0.29) is 12.4 Å². The fourth-order valence-corrected chi connectivity index (χ4v) is 2.39. The SMILES string of the molecule is C=C(CCC(OC)OC)C(O)C1CCCC1. The van der Waals surface area contributed by atoms with Gasteiger partial charge in [-0.05, 0) is 30.8 Å². The fraction of sp³-hybridized carbons (Fsp3) is 0.846. The van der Waals surface area contributed by atoms with Crippen LogP contribution in [0.2, 0.25) is 0 Å². The summed E-state index contributed by atoms with van der Waals surface area (Å²) in [7, 11) is 3.26. The molecule has 1 unspecified atom stereocenters. The smallest absolute Gasteiger partial charge is 0.157 e. The van der Waals surface area contributed by atoms with Crippen LogP contribution >= 0.6 is 0 Å². The lowest BCUT2D eigenvalue weighted by Crippen LogP contribution is -2.21. The van der Waals surface area contributed by atoms with Crippen LogP contribution in [0.3, 0.4) is 0 Å². The Morgan fingerprint density at radius 1 is 1.31 bits per heavy atom. The fourth-order valence-electron chi connectivity index (χ4n) is 2.39. The van der Waals surface area contributed by atoms with E-state index in [2.05, 4.69) is 6.58 Å². The van der Waals surface area contributed by atoms with Crippen molar-refractivity contribution in [2.24, 2.45) is 5.92 Å². The Hall–Kier alpha value is -0.380. The first-order chi connectivity index (χ1) is 7.69. The summed E-state index contributed by atoms with van der Waals surface area (Å²) in [6.07, 6.45) is 5.77. The highest BCUT2D eigenvalue weighted by Crippen LogP contribution is 2.31. The van der Waals surface area contributed by atoms with Crippen molar-refractivity contribution in [3.8, 4) is 0 Å².